The highest BCUT2D eigenvalue weighted by molar-refractivity contribution is 6.35. The molecule has 0 saturated carbocycles. The summed E-state index contributed by atoms with van der Waals surface area (Å²) in [5.74, 6) is -1.96. The number of aliphatic hydroxyl groups is 1. The second kappa shape index (κ2) is 13.8. The molecular formula is C36H38ClN3O7. The number of benzene rings is 3. The third-order valence-electron chi connectivity index (χ3n) is 9.29. The molecule has 11 heteroatoms. The molecule has 3 aliphatic rings. The summed E-state index contributed by atoms with van der Waals surface area (Å²) >= 11 is 6.84. The number of ether oxygens (including phenoxy) is 2. The number of likely N-dealkylation sites (tertiary alicyclic amines) is 1. The molecule has 3 aliphatic heterocycles. The molecule has 2 fully saturated rings. The first-order valence-electron chi connectivity index (χ1n) is 15.8. The third kappa shape index (κ3) is 6.58. The normalized spacial score (nSPS) is 22.9. The topological polar surface area (TPSA) is 129 Å². The maximum absolute atomic E-state index is 13.5. The van der Waals surface area contributed by atoms with Crippen LogP contribution in [0.4, 0.5) is 0 Å². The van der Waals surface area contributed by atoms with Gasteiger partial charge in [0, 0.05) is 31.6 Å². The molecule has 3 aromatic rings. The largest absolute Gasteiger partial charge is 0.485 e. The Balaban J connectivity index is 1.14. The standard InChI is InChI=1S/C36H38ClN3O7/c1-21-27(32(36(44)45)40-31(21)29(22(2)41)35(40)43)18-39-16-15-25(17-39)38-34(42)26-13-14-28(46-19-23-9-5-3-6-10-23)33(30(26)37)47-20-24-11-7-4-8-12-24/h3-14,21-22,25,29,31,41H,15-20H2,1-2H3,(H,38,42)(H,44,45)/t21-,22+,25-,29+,31+/m0/s1. The van der Waals surface area contributed by atoms with Gasteiger partial charge in [0.25, 0.3) is 5.91 Å². The van der Waals surface area contributed by atoms with E-state index in [2.05, 4.69) is 10.2 Å². The Kier molecular flexibility index (Phi) is 9.54. The SMILES string of the molecule is C[C@@H](O)[C@H]1C(=O)N2C(C(=O)O)=C(CN3CC[C@H](NC(=O)c4ccc(OCc5ccccc5)c(OCc5ccccc5)c4Cl)C3)[C@H](C)[C@H]12. The van der Waals surface area contributed by atoms with Crippen LogP contribution >= 0.6 is 11.6 Å². The number of carboxylic acid groups (broad SMARTS) is 1. The number of carbonyl (C=O) groups is 3. The van der Waals surface area contributed by atoms with Gasteiger partial charge < -0.3 is 29.9 Å². The number of nitrogens with one attached hydrogen (secondary N) is 1. The predicted octanol–water partition coefficient (Wildman–Crippen LogP) is 4.50. The van der Waals surface area contributed by atoms with Gasteiger partial charge in [-0.05, 0) is 42.2 Å². The number of nitrogens with zero attached hydrogens (tertiary/aromatic N) is 2. The van der Waals surface area contributed by atoms with Gasteiger partial charge in [-0.2, -0.15) is 0 Å². The summed E-state index contributed by atoms with van der Waals surface area (Å²) in [5, 5.41) is 23.3. The summed E-state index contributed by atoms with van der Waals surface area (Å²) in [5.41, 5.74) is 2.85. The number of aliphatic hydroxyl groups excluding tert-OH is 1. The van der Waals surface area contributed by atoms with Gasteiger partial charge in [-0.15, -0.1) is 0 Å². The quantitative estimate of drug-likeness (QED) is 0.243. The van der Waals surface area contributed by atoms with Crippen molar-refractivity contribution in [2.45, 2.75) is 51.7 Å². The number of amides is 2. The van der Waals surface area contributed by atoms with Crippen molar-refractivity contribution in [2.75, 3.05) is 19.6 Å². The van der Waals surface area contributed by atoms with E-state index >= 15 is 0 Å². The molecule has 3 aromatic carbocycles. The average molecular weight is 660 g/mol. The van der Waals surface area contributed by atoms with Crippen molar-refractivity contribution in [3.05, 3.63) is 106 Å². The molecule has 6 rings (SSSR count). The molecule has 0 unspecified atom stereocenters. The van der Waals surface area contributed by atoms with Crippen LogP contribution in [0, 0.1) is 11.8 Å². The summed E-state index contributed by atoms with van der Waals surface area (Å²) in [6.07, 6.45) is -0.196. The number of carbonyl (C=O) groups excluding carboxylic acids is 2. The maximum atomic E-state index is 13.5. The first-order chi connectivity index (χ1) is 22.6. The highest BCUT2D eigenvalue weighted by atomic mass is 35.5. The molecule has 0 aromatic heterocycles. The molecule has 2 amide bonds. The van der Waals surface area contributed by atoms with Crippen molar-refractivity contribution >= 4 is 29.4 Å². The van der Waals surface area contributed by atoms with Crippen molar-refractivity contribution < 1.29 is 34.1 Å². The lowest BCUT2D eigenvalue weighted by molar-refractivity contribution is -0.163. The van der Waals surface area contributed by atoms with E-state index in [1.807, 2.05) is 67.6 Å². The predicted molar refractivity (Wildman–Crippen MR) is 175 cm³/mol. The average Bonchev–Trinajstić information content (AvgIpc) is 3.59. The Morgan fingerprint density at radius 1 is 1.00 bits per heavy atom. The van der Waals surface area contributed by atoms with Gasteiger partial charge in [0.05, 0.1) is 28.6 Å². The van der Waals surface area contributed by atoms with Gasteiger partial charge in [0.15, 0.2) is 11.5 Å². The van der Waals surface area contributed by atoms with Crippen LogP contribution in [-0.4, -0.2) is 75.6 Å². The van der Waals surface area contributed by atoms with Crippen molar-refractivity contribution in [1.29, 1.82) is 0 Å². The van der Waals surface area contributed by atoms with Crippen LogP contribution < -0.4 is 14.8 Å². The Labute approximate surface area is 278 Å². The monoisotopic (exact) mass is 659 g/mol. The number of hydrogen-bond donors (Lipinski definition) is 3. The molecule has 0 radical (unpaired) electrons. The van der Waals surface area contributed by atoms with E-state index < -0.39 is 18.0 Å². The highest BCUT2D eigenvalue weighted by Crippen LogP contribution is 2.47. The van der Waals surface area contributed by atoms with Crippen LogP contribution in [0.25, 0.3) is 0 Å². The number of β-lactam (4-membered cyclic amide) rings is 1. The number of hydrogen-bond acceptors (Lipinski definition) is 7. The fourth-order valence-electron chi connectivity index (χ4n) is 6.88. The van der Waals surface area contributed by atoms with Crippen LogP contribution in [0.5, 0.6) is 11.5 Å². The van der Waals surface area contributed by atoms with Crippen molar-refractivity contribution in [1.82, 2.24) is 15.1 Å². The highest BCUT2D eigenvalue weighted by Gasteiger charge is 2.59. The van der Waals surface area contributed by atoms with Gasteiger partial charge in [-0.25, -0.2) is 4.79 Å². The van der Waals surface area contributed by atoms with E-state index in [4.69, 9.17) is 21.1 Å². The number of aliphatic carboxylic acids is 1. The lowest BCUT2D eigenvalue weighted by Gasteiger charge is -2.46. The molecule has 3 heterocycles. The fraction of sp³-hybridized carbons (Fsp3) is 0.361. The van der Waals surface area contributed by atoms with E-state index in [9.17, 15) is 24.6 Å². The molecular weight excluding hydrogens is 622 g/mol. The van der Waals surface area contributed by atoms with Crippen LogP contribution in [0.15, 0.2) is 84.1 Å². The molecule has 10 nitrogen and oxygen atoms in total. The van der Waals surface area contributed by atoms with Gasteiger partial charge in [0.2, 0.25) is 5.91 Å². The number of rotatable bonds is 12. The van der Waals surface area contributed by atoms with E-state index in [1.54, 1.807) is 19.1 Å². The number of fused-ring (bicyclic) bond motifs is 1. The zero-order chi connectivity index (χ0) is 33.2. The lowest BCUT2D eigenvalue weighted by Crippen LogP contribution is -2.63. The molecule has 2 saturated heterocycles. The van der Waals surface area contributed by atoms with E-state index in [1.165, 1.54) is 4.90 Å². The van der Waals surface area contributed by atoms with Crippen LogP contribution in [0.3, 0.4) is 0 Å². The van der Waals surface area contributed by atoms with Crippen molar-refractivity contribution in [3.63, 3.8) is 0 Å². The second-order valence-electron chi connectivity index (χ2n) is 12.4. The minimum Gasteiger partial charge on any atom is -0.485 e. The van der Waals surface area contributed by atoms with Gasteiger partial charge in [-0.3, -0.25) is 14.5 Å². The minimum absolute atomic E-state index is 0.0151. The fourth-order valence-corrected chi connectivity index (χ4v) is 7.17. The molecule has 0 bridgehead atoms. The molecule has 0 spiro atoms. The second-order valence-corrected chi connectivity index (χ2v) is 12.8. The minimum atomic E-state index is -1.15. The Morgan fingerprint density at radius 3 is 2.26 bits per heavy atom. The van der Waals surface area contributed by atoms with Gasteiger partial charge in [0.1, 0.15) is 18.9 Å². The summed E-state index contributed by atoms with van der Waals surface area (Å²) in [4.78, 5) is 41.9. The first-order valence-corrected chi connectivity index (χ1v) is 16.2. The zero-order valence-corrected chi connectivity index (χ0v) is 27.0. The zero-order valence-electron chi connectivity index (χ0n) is 26.3. The number of halogens is 1. The maximum Gasteiger partial charge on any atom is 0.352 e. The third-order valence-corrected chi connectivity index (χ3v) is 9.66. The lowest BCUT2D eigenvalue weighted by atomic mass is 9.77. The summed E-state index contributed by atoms with van der Waals surface area (Å²) in [6.45, 7) is 5.50. The van der Waals surface area contributed by atoms with Crippen molar-refractivity contribution in [2.24, 2.45) is 11.8 Å². The molecule has 246 valence electrons. The van der Waals surface area contributed by atoms with E-state index in [0.717, 1.165) is 11.1 Å². The summed E-state index contributed by atoms with van der Waals surface area (Å²) < 4.78 is 12.2. The molecule has 0 aliphatic carbocycles. The number of carboxylic acids is 1. The van der Waals surface area contributed by atoms with E-state index in [-0.39, 0.29) is 58.5 Å². The van der Waals surface area contributed by atoms with Crippen molar-refractivity contribution in [3.8, 4) is 11.5 Å². The first kappa shape index (κ1) is 32.6. The summed E-state index contributed by atoms with van der Waals surface area (Å²) in [6, 6.07) is 22.1. The summed E-state index contributed by atoms with van der Waals surface area (Å²) in [7, 11) is 0. The van der Waals surface area contributed by atoms with Gasteiger partial charge in [-0.1, -0.05) is 79.2 Å². The smallest absolute Gasteiger partial charge is 0.352 e. The molecule has 5 atom stereocenters. The molecule has 3 N–H and O–H groups in total. The Bertz CT molecular complexity index is 1680. The van der Waals surface area contributed by atoms with E-state index in [0.29, 0.717) is 44.0 Å². The van der Waals surface area contributed by atoms with Crippen LogP contribution in [-0.2, 0) is 22.8 Å². The van der Waals surface area contributed by atoms with Crippen LogP contribution in [0.2, 0.25) is 5.02 Å². The molecule has 47 heavy (non-hydrogen) atoms. The van der Waals surface area contributed by atoms with Crippen LogP contribution in [0.1, 0.15) is 41.8 Å². The Hall–Kier alpha value is -4.38. The Morgan fingerprint density at radius 2 is 1.64 bits per heavy atom. The van der Waals surface area contributed by atoms with Gasteiger partial charge >= 0.3 is 5.97 Å².